The molecule has 0 aliphatic heterocycles. The lowest BCUT2D eigenvalue weighted by Crippen LogP contribution is -1.82. The average molecular weight is 248 g/mol. The number of halogens is 1. The van der Waals surface area contributed by atoms with Crippen molar-refractivity contribution in [2.24, 2.45) is 0 Å². The zero-order valence-corrected chi connectivity index (χ0v) is 10.5. The lowest BCUT2D eigenvalue weighted by atomic mass is 10.1. The molecule has 0 bridgehead atoms. The molecule has 0 atom stereocenters. The molecule has 1 saturated carbocycles. The van der Waals surface area contributed by atoms with Crippen LogP contribution in [-0.4, -0.2) is 0 Å². The monoisotopic (exact) mass is 248 g/mol. The molecule has 92 valence electrons. The molecule has 0 radical (unpaired) electrons. The molecule has 19 heavy (non-hydrogen) atoms. The van der Waals surface area contributed by atoms with Gasteiger partial charge in [-0.1, -0.05) is 47.8 Å². The molecule has 1 aliphatic carbocycles. The van der Waals surface area contributed by atoms with E-state index in [1.807, 2.05) is 24.3 Å². The van der Waals surface area contributed by atoms with Crippen LogP contribution in [0.3, 0.4) is 0 Å². The van der Waals surface area contributed by atoms with Gasteiger partial charge in [0.1, 0.15) is 5.82 Å². The van der Waals surface area contributed by atoms with E-state index in [1.165, 1.54) is 30.5 Å². The van der Waals surface area contributed by atoms with Crippen molar-refractivity contribution in [2.75, 3.05) is 0 Å². The van der Waals surface area contributed by atoms with Gasteiger partial charge >= 0.3 is 0 Å². The Labute approximate surface area is 112 Å². The van der Waals surface area contributed by atoms with Gasteiger partial charge in [0.2, 0.25) is 0 Å². The number of hydrogen-bond donors (Lipinski definition) is 0. The Morgan fingerprint density at radius 2 is 1.79 bits per heavy atom. The molecule has 0 aromatic heterocycles. The molecule has 0 nitrogen and oxygen atoms in total. The van der Waals surface area contributed by atoms with Gasteiger partial charge in [0.05, 0.1) is 0 Å². The van der Waals surface area contributed by atoms with Crippen LogP contribution in [0.2, 0.25) is 0 Å². The third-order valence-electron chi connectivity index (χ3n) is 3.03. The minimum Gasteiger partial charge on any atom is -0.207 e. The quantitative estimate of drug-likeness (QED) is 0.656. The standard InChI is InChI=1S/C18H13F/c19-18-7-3-4-14(13-18)10-11-16-5-1-2-6-17(16)12-15-8-9-15/h1-7,12-13H,8-9H2. The SMILES string of the molecule is Fc1cccc(C#Cc2ccccc2C=C2CC2)c1. The van der Waals surface area contributed by atoms with Crippen LogP contribution in [0.4, 0.5) is 4.39 Å². The van der Waals surface area contributed by atoms with Gasteiger partial charge < -0.3 is 0 Å². The molecule has 1 heteroatoms. The third-order valence-corrected chi connectivity index (χ3v) is 3.03. The number of hydrogen-bond acceptors (Lipinski definition) is 0. The Bertz CT molecular complexity index is 693. The van der Waals surface area contributed by atoms with E-state index in [1.54, 1.807) is 6.07 Å². The first kappa shape index (κ1) is 11.7. The zero-order chi connectivity index (χ0) is 13.1. The molecule has 1 aliphatic rings. The van der Waals surface area contributed by atoms with Crippen LogP contribution in [-0.2, 0) is 0 Å². The van der Waals surface area contributed by atoms with Crippen molar-refractivity contribution in [1.82, 2.24) is 0 Å². The van der Waals surface area contributed by atoms with Gasteiger partial charge in [0, 0.05) is 11.1 Å². The fourth-order valence-corrected chi connectivity index (χ4v) is 1.88. The molecule has 0 heterocycles. The van der Waals surface area contributed by atoms with Crippen LogP contribution in [0, 0.1) is 17.7 Å². The van der Waals surface area contributed by atoms with Gasteiger partial charge in [-0.25, -0.2) is 4.39 Å². The largest absolute Gasteiger partial charge is 0.207 e. The molecule has 0 spiro atoms. The predicted octanol–water partition coefficient (Wildman–Crippen LogP) is 4.40. The van der Waals surface area contributed by atoms with E-state index in [2.05, 4.69) is 24.0 Å². The van der Waals surface area contributed by atoms with Crippen molar-refractivity contribution in [3.63, 3.8) is 0 Å². The van der Waals surface area contributed by atoms with Crippen molar-refractivity contribution in [3.05, 3.63) is 76.6 Å². The van der Waals surface area contributed by atoms with Crippen LogP contribution in [0.1, 0.15) is 29.5 Å². The summed E-state index contributed by atoms with van der Waals surface area (Å²) in [6.45, 7) is 0. The van der Waals surface area contributed by atoms with Crippen LogP contribution in [0.25, 0.3) is 6.08 Å². The van der Waals surface area contributed by atoms with E-state index in [-0.39, 0.29) is 5.82 Å². The first-order valence-corrected chi connectivity index (χ1v) is 6.37. The lowest BCUT2D eigenvalue weighted by molar-refractivity contribution is 0.627. The van der Waals surface area contributed by atoms with Gasteiger partial charge in [-0.15, -0.1) is 0 Å². The van der Waals surface area contributed by atoms with Crippen molar-refractivity contribution in [2.45, 2.75) is 12.8 Å². The van der Waals surface area contributed by atoms with E-state index in [0.29, 0.717) is 5.56 Å². The molecule has 0 saturated heterocycles. The van der Waals surface area contributed by atoms with E-state index in [0.717, 1.165) is 11.1 Å². The summed E-state index contributed by atoms with van der Waals surface area (Å²) in [7, 11) is 0. The first-order valence-electron chi connectivity index (χ1n) is 6.37. The topological polar surface area (TPSA) is 0 Å². The highest BCUT2D eigenvalue weighted by atomic mass is 19.1. The Morgan fingerprint density at radius 1 is 0.947 bits per heavy atom. The van der Waals surface area contributed by atoms with Gasteiger partial charge in [-0.2, -0.15) is 0 Å². The van der Waals surface area contributed by atoms with E-state index in [9.17, 15) is 4.39 Å². The fraction of sp³-hybridized carbons (Fsp3) is 0.111. The van der Waals surface area contributed by atoms with Crippen LogP contribution < -0.4 is 0 Å². The fourth-order valence-electron chi connectivity index (χ4n) is 1.88. The minimum absolute atomic E-state index is 0.250. The maximum Gasteiger partial charge on any atom is 0.124 e. The van der Waals surface area contributed by atoms with E-state index in [4.69, 9.17) is 0 Å². The molecular formula is C18H13F. The maximum absolute atomic E-state index is 13.1. The molecule has 0 amide bonds. The molecule has 2 aromatic carbocycles. The first-order chi connectivity index (χ1) is 9.31. The van der Waals surface area contributed by atoms with Gasteiger partial charge in [-0.3, -0.25) is 0 Å². The molecule has 2 aromatic rings. The van der Waals surface area contributed by atoms with E-state index < -0.39 is 0 Å². The second kappa shape index (κ2) is 5.12. The van der Waals surface area contributed by atoms with Crippen molar-refractivity contribution in [1.29, 1.82) is 0 Å². The third kappa shape index (κ3) is 3.11. The molecular weight excluding hydrogens is 235 g/mol. The van der Waals surface area contributed by atoms with Gasteiger partial charge in [0.25, 0.3) is 0 Å². The summed E-state index contributed by atoms with van der Waals surface area (Å²) in [5, 5.41) is 0. The molecule has 1 fully saturated rings. The van der Waals surface area contributed by atoms with Crippen LogP contribution >= 0.6 is 0 Å². The summed E-state index contributed by atoms with van der Waals surface area (Å²) in [6, 6.07) is 14.4. The summed E-state index contributed by atoms with van der Waals surface area (Å²) < 4.78 is 13.1. The second-order valence-corrected chi connectivity index (χ2v) is 4.65. The summed E-state index contributed by atoms with van der Waals surface area (Å²) in [6.07, 6.45) is 4.60. The summed E-state index contributed by atoms with van der Waals surface area (Å²) in [5.74, 6) is 5.90. The number of benzene rings is 2. The van der Waals surface area contributed by atoms with E-state index >= 15 is 0 Å². The molecule has 0 unspecified atom stereocenters. The zero-order valence-electron chi connectivity index (χ0n) is 10.5. The maximum atomic E-state index is 13.1. The number of allylic oxidation sites excluding steroid dienone is 1. The lowest BCUT2D eigenvalue weighted by Gasteiger charge is -1.97. The van der Waals surface area contributed by atoms with Crippen molar-refractivity contribution < 1.29 is 4.39 Å². The minimum atomic E-state index is -0.250. The Balaban J connectivity index is 1.93. The highest BCUT2D eigenvalue weighted by Gasteiger charge is 2.11. The number of rotatable bonds is 1. The Kier molecular flexibility index (Phi) is 3.16. The van der Waals surface area contributed by atoms with Crippen molar-refractivity contribution >= 4 is 6.08 Å². The van der Waals surface area contributed by atoms with Gasteiger partial charge in [-0.05, 0) is 42.7 Å². The average Bonchev–Trinajstić information content (AvgIpc) is 3.22. The second-order valence-electron chi connectivity index (χ2n) is 4.65. The molecule has 0 N–H and O–H groups in total. The molecule has 3 rings (SSSR count). The Morgan fingerprint density at radius 3 is 2.58 bits per heavy atom. The normalized spacial score (nSPS) is 12.6. The predicted molar refractivity (Wildman–Crippen MR) is 76.0 cm³/mol. The summed E-state index contributed by atoms with van der Waals surface area (Å²) in [4.78, 5) is 0. The van der Waals surface area contributed by atoms with Crippen LogP contribution in [0.5, 0.6) is 0 Å². The summed E-state index contributed by atoms with van der Waals surface area (Å²) in [5.41, 5.74) is 4.32. The smallest absolute Gasteiger partial charge is 0.124 e. The highest BCUT2D eigenvalue weighted by molar-refractivity contribution is 5.64. The van der Waals surface area contributed by atoms with Gasteiger partial charge in [0.15, 0.2) is 0 Å². The van der Waals surface area contributed by atoms with Crippen LogP contribution in [0.15, 0.2) is 54.1 Å². The summed E-state index contributed by atoms with van der Waals surface area (Å²) >= 11 is 0. The highest BCUT2D eigenvalue weighted by Crippen LogP contribution is 2.30. The Hall–Kier alpha value is -2.33. The van der Waals surface area contributed by atoms with Crippen molar-refractivity contribution in [3.8, 4) is 11.8 Å².